The molecule has 102 valence electrons. The Hall–Kier alpha value is -3.08. The zero-order chi connectivity index (χ0) is 14.7. The summed E-state index contributed by atoms with van der Waals surface area (Å²) in [4.78, 5) is 19.3. The highest BCUT2D eigenvalue weighted by Crippen LogP contribution is 2.34. The normalized spacial score (nSPS) is 10.3. The highest BCUT2D eigenvalue weighted by Gasteiger charge is 2.24. The second-order valence-corrected chi connectivity index (χ2v) is 4.41. The highest BCUT2D eigenvalue weighted by atomic mass is 16.6. The van der Waals surface area contributed by atoms with E-state index < -0.39 is 4.92 Å². The van der Waals surface area contributed by atoms with Crippen LogP contribution in [0.5, 0.6) is 0 Å². The predicted octanol–water partition coefficient (Wildman–Crippen LogP) is 3.72. The molecule has 2 aromatic carbocycles. The Morgan fingerprint density at radius 1 is 0.762 bits per heavy atom. The summed E-state index contributed by atoms with van der Waals surface area (Å²) in [6.45, 7) is 0. The lowest BCUT2D eigenvalue weighted by Crippen LogP contribution is -2.00. The van der Waals surface area contributed by atoms with Gasteiger partial charge in [0.15, 0.2) is 11.4 Å². The van der Waals surface area contributed by atoms with Crippen LogP contribution in [0.1, 0.15) is 0 Å². The molecule has 5 nitrogen and oxygen atoms in total. The van der Waals surface area contributed by atoms with E-state index in [1.54, 1.807) is 24.3 Å². The second-order valence-electron chi connectivity index (χ2n) is 4.41. The van der Waals surface area contributed by atoms with Gasteiger partial charge in [-0.3, -0.25) is 10.1 Å². The van der Waals surface area contributed by atoms with Gasteiger partial charge >= 0.3 is 5.69 Å². The zero-order valence-corrected chi connectivity index (χ0v) is 11.0. The third-order valence-electron chi connectivity index (χ3n) is 3.10. The maximum Gasteiger partial charge on any atom is 0.321 e. The van der Waals surface area contributed by atoms with Gasteiger partial charge in [-0.25, -0.2) is 9.97 Å². The number of nitrogens with zero attached hydrogens (tertiary/aromatic N) is 3. The molecule has 0 saturated carbocycles. The molecule has 21 heavy (non-hydrogen) atoms. The molecule has 0 saturated heterocycles. The van der Waals surface area contributed by atoms with Crippen LogP contribution in [0.25, 0.3) is 22.5 Å². The fourth-order valence-electron chi connectivity index (χ4n) is 2.17. The van der Waals surface area contributed by atoms with Crippen LogP contribution in [0.4, 0.5) is 5.69 Å². The summed E-state index contributed by atoms with van der Waals surface area (Å²) in [6.07, 6.45) is 1.36. The molecule has 0 fully saturated rings. The van der Waals surface area contributed by atoms with Crippen molar-refractivity contribution in [3.05, 3.63) is 77.1 Å². The van der Waals surface area contributed by atoms with E-state index in [4.69, 9.17) is 0 Å². The van der Waals surface area contributed by atoms with Crippen molar-refractivity contribution in [3.8, 4) is 22.5 Å². The lowest BCUT2D eigenvalue weighted by Gasteiger charge is -2.06. The SMILES string of the molecule is O=[N+]([O-])c1c(-c2ccccc2)ncnc1-c1ccccc1. The van der Waals surface area contributed by atoms with E-state index in [-0.39, 0.29) is 5.69 Å². The number of hydrogen-bond acceptors (Lipinski definition) is 4. The number of hydrogen-bond donors (Lipinski definition) is 0. The molecule has 0 unspecified atom stereocenters. The van der Waals surface area contributed by atoms with Gasteiger partial charge in [0.25, 0.3) is 0 Å². The van der Waals surface area contributed by atoms with Crippen molar-refractivity contribution in [2.24, 2.45) is 0 Å². The Labute approximate surface area is 121 Å². The van der Waals surface area contributed by atoms with Crippen LogP contribution in [0.3, 0.4) is 0 Å². The molecule has 0 aliphatic carbocycles. The summed E-state index contributed by atoms with van der Waals surface area (Å²) in [7, 11) is 0. The van der Waals surface area contributed by atoms with E-state index in [0.717, 1.165) is 0 Å². The van der Waals surface area contributed by atoms with Gasteiger partial charge in [0.2, 0.25) is 0 Å². The van der Waals surface area contributed by atoms with Gasteiger partial charge in [-0.15, -0.1) is 0 Å². The van der Waals surface area contributed by atoms with Crippen LogP contribution in [-0.2, 0) is 0 Å². The maximum absolute atomic E-state index is 11.5. The van der Waals surface area contributed by atoms with Gasteiger partial charge in [0, 0.05) is 11.1 Å². The van der Waals surface area contributed by atoms with Crippen molar-refractivity contribution in [1.82, 2.24) is 9.97 Å². The topological polar surface area (TPSA) is 68.9 Å². The molecule has 0 aliphatic rings. The molecular formula is C16H11N3O2. The molecule has 0 spiro atoms. The average Bonchev–Trinajstić information content (AvgIpc) is 2.55. The van der Waals surface area contributed by atoms with Crippen molar-refractivity contribution in [2.45, 2.75) is 0 Å². The minimum atomic E-state index is -0.426. The first kappa shape index (κ1) is 12.9. The highest BCUT2D eigenvalue weighted by molar-refractivity contribution is 5.80. The van der Waals surface area contributed by atoms with Crippen molar-refractivity contribution in [3.63, 3.8) is 0 Å². The average molecular weight is 277 g/mol. The Bertz CT molecular complexity index is 716. The summed E-state index contributed by atoms with van der Waals surface area (Å²) in [6, 6.07) is 18.2. The summed E-state index contributed by atoms with van der Waals surface area (Å²) in [5, 5.41) is 11.5. The first-order valence-electron chi connectivity index (χ1n) is 6.37. The number of benzene rings is 2. The van der Waals surface area contributed by atoms with Crippen molar-refractivity contribution < 1.29 is 4.92 Å². The Morgan fingerprint density at radius 2 is 1.19 bits per heavy atom. The third kappa shape index (κ3) is 2.49. The van der Waals surface area contributed by atoms with Crippen LogP contribution >= 0.6 is 0 Å². The summed E-state index contributed by atoms with van der Waals surface area (Å²) in [5.74, 6) is 0. The molecule has 3 aromatic rings. The summed E-state index contributed by atoms with van der Waals surface area (Å²) in [5.41, 5.74) is 1.98. The van der Waals surface area contributed by atoms with Crippen molar-refractivity contribution in [1.29, 1.82) is 0 Å². The molecule has 0 bridgehead atoms. The standard InChI is InChI=1S/C16H11N3O2/c20-19(21)16-14(12-7-3-1-4-8-12)17-11-18-15(16)13-9-5-2-6-10-13/h1-11H. The molecule has 5 heteroatoms. The molecule has 0 radical (unpaired) electrons. The summed E-state index contributed by atoms with van der Waals surface area (Å²) < 4.78 is 0. The van der Waals surface area contributed by atoms with E-state index in [1.807, 2.05) is 36.4 Å². The number of nitro groups is 1. The molecular weight excluding hydrogens is 266 g/mol. The van der Waals surface area contributed by atoms with E-state index in [2.05, 4.69) is 9.97 Å². The fraction of sp³-hybridized carbons (Fsp3) is 0. The molecule has 0 amide bonds. The lowest BCUT2D eigenvalue weighted by atomic mass is 10.1. The van der Waals surface area contributed by atoms with E-state index in [1.165, 1.54) is 6.33 Å². The predicted molar refractivity (Wildman–Crippen MR) is 79.6 cm³/mol. The first-order chi connectivity index (χ1) is 10.3. The fourth-order valence-corrected chi connectivity index (χ4v) is 2.17. The minimum Gasteiger partial charge on any atom is -0.258 e. The van der Waals surface area contributed by atoms with Crippen molar-refractivity contribution in [2.75, 3.05) is 0 Å². The zero-order valence-electron chi connectivity index (χ0n) is 11.0. The number of aromatic nitrogens is 2. The molecule has 1 heterocycles. The van der Waals surface area contributed by atoms with Gasteiger partial charge in [-0.2, -0.15) is 0 Å². The summed E-state index contributed by atoms with van der Waals surface area (Å²) >= 11 is 0. The van der Waals surface area contributed by atoms with E-state index >= 15 is 0 Å². The van der Waals surface area contributed by atoms with Crippen LogP contribution in [0.2, 0.25) is 0 Å². The monoisotopic (exact) mass is 277 g/mol. The smallest absolute Gasteiger partial charge is 0.258 e. The molecule has 0 atom stereocenters. The maximum atomic E-state index is 11.5. The van der Waals surface area contributed by atoms with Gasteiger partial charge < -0.3 is 0 Å². The van der Waals surface area contributed by atoms with Crippen LogP contribution < -0.4 is 0 Å². The van der Waals surface area contributed by atoms with Gasteiger partial charge in [-0.05, 0) is 0 Å². The van der Waals surface area contributed by atoms with Crippen molar-refractivity contribution >= 4 is 5.69 Å². The molecule has 0 N–H and O–H groups in total. The second kappa shape index (κ2) is 5.50. The molecule has 0 aliphatic heterocycles. The number of rotatable bonds is 3. The largest absolute Gasteiger partial charge is 0.321 e. The van der Waals surface area contributed by atoms with Crippen LogP contribution in [-0.4, -0.2) is 14.9 Å². The minimum absolute atomic E-state index is 0.0742. The molecule has 3 rings (SSSR count). The van der Waals surface area contributed by atoms with E-state index in [9.17, 15) is 10.1 Å². The Kier molecular flexibility index (Phi) is 3.39. The molecule has 1 aromatic heterocycles. The van der Waals surface area contributed by atoms with Gasteiger partial charge in [0.05, 0.1) is 4.92 Å². The Balaban J connectivity index is 2.26. The lowest BCUT2D eigenvalue weighted by molar-refractivity contribution is -0.383. The third-order valence-corrected chi connectivity index (χ3v) is 3.10. The first-order valence-corrected chi connectivity index (χ1v) is 6.37. The van der Waals surface area contributed by atoms with Gasteiger partial charge in [0.1, 0.15) is 6.33 Å². The van der Waals surface area contributed by atoms with Crippen LogP contribution in [0, 0.1) is 10.1 Å². The quantitative estimate of drug-likeness (QED) is 0.540. The van der Waals surface area contributed by atoms with Gasteiger partial charge in [-0.1, -0.05) is 60.7 Å². The van der Waals surface area contributed by atoms with Crippen LogP contribution in [0.15, 0.2) is 67.0 Å². The Morgan fingerprint density at radius 3 is 1.57 bits per heavy atom. The van der Waals surface area contributed by atoms with E-state index in [0.29, 0.717) is 22.5 Å².